The van der Waals surface area contributed by atoms with Crippen molar-refractivity contribution < 1.29 is 18.7 Å². The van der Waals surface area contributed by atoms with Crippen molar-refractivity contribution in [3.05, 3.63) is 59.9 Å². The van der Waals surface area contributed by atoms with Gasteiger partial charge in [-0.05, 0) is 29.8 Å². The minimum Gasteiger partial charge on any atom is -0.495 e. The molecule has 0 bridgehead atoms. The van der Waals surface area contributed by atoms with Crippen molar-refractivity contribution in [2.24, 2.45) is 5.10 Å². The zero-order chi connectivity index (χ0) is 16.7. The van der Waals surface area contributed by atoms with Gasteiger partial charge < -0.3 is 10.1 Å². The predicted molar refractivity (Wildman–Crippen MR) is 83.8 cm³/mol. The van der Waals surface area contributed by atoms with Gasteiger partial charge >= 0.3 is 11.8 Å². The first kappa shape index (κ1) is 16.2. The molecule has 23 heavy (non-hydrogen) atoms. The van der Waals surface area contributed by atoms with Gasteiger partial charge in [0, 0.05) is 0 Å². The normalized spacial score (nSPS) is 10.3. The predicted octanol–water partition coefficient (Wildman–Crippen LogP) is 1.92. The molecule has 2 rings (SSSR count). The largest absolute Gasteiger partial charge is 0.495 e. The zero-order valence-corrected chi connectivity index (χ0v) is 12.2. The molecule has 0 fully saturated rings. The molecule has 0 saturated carbocycles. The third-order valence-corrected chi connectivity index (χ3v) is 2.81. The molecular weight excluding hydrogens is 301 g/mol. The van der Waals surface area contributed by atoms with Crippen molar-refractivity contribution in [2.45, 2.75) is 0 Å². The van der Waals surface area contributed by atoms with Crippen molar-refractivity contribution in [1.29, 1.82) is 0 Å². The Labute approximate surface area is 132 Å². The van der Waals surface area contributed by atoms with Gasteiger partial charge in [0.2, 0.25) is 0 Å². The highest BCUT2D eigenvalue weighted by Gasteiger charge is 2.14. The smallest absolute Gasteiger partial charge is 0.329 e. The molecule has 7 heteroatoms. The monoisotopic (exact) mass is 315 g/mol. The molecule has 6 nitrogen and oxygen atoms in total. The van der Waals surface area contributed by atoms with Gasteiger partial charge in [0.15, 0.2) is 0 Å². The molecule has 0 aromatic heterocycles. The molecule has 2 aromatic carbocycles. The number of hydrazone groups is 1. The van der Waals surface area contributed by atoms with Crippen molar-refractivity contribution in [3.8, 4) is 5.75 Å². The number of para-hydroxylation sites is 2. The van der Waals surface area contributed by atoms with Crippen LogP contribution in [0.4, 0.5) is 10.1 Å². The number of rotatable bonds is 4. The summed E-state index contributed by atoms with van der Waals surface area (Å²) < 4.78 is 17.8. The van der Waals surface area contributed by atoms with Gasteiger partial charge in [0.1, 0.15) is 11.6 Å². The van der Waals surface area contributed by atoms with E-state index in [-0.39, 0.29) is 5.82 Å². The minimum absolute atomic E-state index is 0.373. The first-order valence-corrected chi connectivity index (χ1v) is 6.63. The molecular formula is C16H14FN3O3. The second kappa shape index (κ2) is 7.69. The third kappa shape index (κ3) is 4.63. The number of nitrogens with one attached hydrogen (secondary N) is 2. The molecule has 0 spiro atoms. The van der Waals surface area contributed by atoms with Crippen LogP contribution in [0.15, 0.2) is 53.6 Å². The molecule has 0 atom stereocenters. The number of hydrogen-bond donors (Lipinski definition) is 2. The Balaban J connectivity index is 1.92. The van der Waals surface area contributed by atoms with Gasteiger partial charge in [-0.2, -0.15) is 5.10 Å². The number of ether oxygens (including phenoxy) is 1. The van der Waals surface area contributed by atoms with E-state index in [1.165, 1.54) is 37.6 Å². The topological polar surface area (TPSA) is 79.8 Å². The summed E-state index contributed by atoms with van der Waals surface area (Å²) in [5.41, 5.74) is 3.04. The second-order valence-corrected chi connectivity index (χ2v) is 4.41. The quantitative estimate of drug-likeness (QED) is 0.514. The van der Waals surface area contributed by atoms with E-state index in [9.17, 15) is 14.0 Å². The number of carbonyl (C=O) groups is 2. The summed E-state index contributed by atoms with van der Waals surface area (Å²) in [6.07, 6.45) is 1.30. The van der Waals surface area contributed by atoms with Crippen LogP contribution in [0.25, 0.3) is 0 Å². The van der Waals surface area contributed by atoms with Crippen LogP contribution >= 0.6 is 0 Å². The van der Waals surface area contributed by atoms with Gasteiger partial charge in [-0.1, -0.05) is 24.3 Å². The lowest BCUT2D eigenvalue weighted by atomic mass is 10.2. The maximum Gasteiger partial charge on any atom is 0.329 e. The molecule has 118 valence electrons. The van der Waals surface area contributed by atoms with E-state index in [2.05, 4.69) is 15.8 Å². The van der Waals surface area contributed by atoms with E-state index in [1.54, 1.807) is 24.3 Å². The summed E-state index contributed by atoms with van der Waals surface area (Å²) >= 11 is 0. The Hall–Kier alpha value is -3.22. The Kier molecular flexibility index (Phi) is 5.40. The van der Waals surface area contributed by atoms with Gasteiger partial charge in [0.25, 0.3) is 0 Å². The fraction of sp³-hybridized carbons (Fsp3) is 0.0625. The lowest BCUT2D eigenvalue weighted by Crippen LogP contribution is -2.32. The number of anilines is 1. The molecule has 0 unspecified atom stereocenters. The summed E-state index contributed by atoms with van der Waals surface area (Å²) in [6.45, 7) is 0. The van der Waals surface area contributed by atoms with E-state index < -0.39 is 11.8 Å². The summed E-state index contributed by atoms with van der Waals surface area (Å²) in [5, 5.41) is 6.06. The van der Waals surface area contributed by atoms with Crippen LogP contribution < -0.4 is 15.5 Å². The summed E-state index contributed by atoms with van der Waals surface area (Å²) in [6, 6.07) is 12.2. The van der Waals surface area contributed by atoms with Crippen molar-refractivity contribution in [1.82, 2.24) is 5.43 Å². The number of nitrogens with zero attached hydrogens (tertiary/aromatic N) is 1. The maximum absolute atomic E-state index is 12.7. The van der Waals surface area contributed by atoms with Crippen LogP contribution in [0, 0.1) is 5.82 Å². The fourth-order valence-electron chi connectivity index (χ4n) is 1.69. The van der Waals surface area contributed by atoms with Crippen LogP contribution in [-0.2, 0) is 9.59 Å². The number of carbonyl (C=O) groups excluding carboxylic acids is 2. The molecule has 2 aromatic rings. The maximum atomic E-state index is 12.7. The highest BCUT2D eigenvalue weighted by atomic mass is 19.1. The van der Waals surface area contributed by atoms with Gasteiger partial charge in [-0.3, -0.25) is 9.59 Å². The number of amides is 2. The number of hydrogen-bond acceptors (Lipinski definition) is 4. The van der Waals surface area contributed by atoms with Crippen LogP contribution in [0.1, 0.15) is 5.56 Å². The average Bonchev–Trinajstić information content (AvgIpc) is 2.57. The van der Waals surface area contributed by atoms with Gasteiger partial charge in [0.05, 0.1) is 19.0 Å². The highest BCUT2D eigenvalue weighted by Crippen LogP contribution is 2.22. The lowest BCUT2D eigenvalue weighted by molar-refractivity contribution is -0.136. The number of methoxy groups -OCH3 is 1. The molecule has 2 amide bonds. The number of halogens is 1. The van der Waals surface area contributed by atoms with Crippen LogP contribution in [0.3, 0.4) is 0 Å². The van der Waals surface area contributed by atoms with Crippen LogP contribution in [-0.4, -0.2) is 25.1 Å². The Morgan fingerprint density at radius 2 is 1.78 bits per heavy atom. The summed E-state index contributed by atoms with van der Waals surface area (Å²) in [5.74, 6) is -1.76. The summed E-state index contributed by atoms with van der Waals surface area (Å²) in [4.78, 5) is 23.4. The van der Waals surface area contributed by atoms with Crippen molar-refractivity contribution in [2.75, 3.05) is 12.4 Å². The first-order valence-electron chi connectivity index (χ1n) is 6.63. The van der Waals surface area contributed by atoms with E-state index in [1.807, 2.05) is 0 Å². The van der Waals surface area contributed by atoms with Crippen molar-refractivity contribution >= 4 is 23.7 Å². The third-order valence-electron chi connectivity index (χ3n) is 2.81. The second-order valence-electron chi connectivity index (χ2n) is 4.41. The molecule has 0 aliphatic rings. The van der Waals surface area contributed by atoms with Crippen molar-refractivity contribution in [3.63, 3.8) is 0 Å². The SMILES string of the molecule is COc1ccccc1NC(=O)C(=O)N/N=C/c1ccc(F)cc1. The standard InChI is InChI=1S/C16H14FN3O3/c1-23-14-5-3-2-4-13(14)19-15(21)16(22)20-18-10-11-6-8-12(17)9-7-11/h2-10H,1H3,(H,19,21)(H,20,22)/b18-10+. The molecule has 2 N–H and O–H groups in total. The highest BCUT2D eigenvalue weighted by molar-refractivity contribution is 6.39. The minimum atomic E-state index is -0.936. The summed E-state index contributed by atoms with van der Waals surface area (Å²) in [7, 11) is 1.46. The first-order chi connectivity index (χ1) is 11.1. The van der Waals surface area contributed by atoms with Gasteiger partial charge in [-0.25, -0.2) is 9.82 Å². The Morgan fingerprint density at radius 1 is 1.09 bits per heavy atom. The molecule has 0 saturated heterocycles. The Bertz CT molecular complexity index is 730. The average molecular weight is 315 g/mol. The zero-order valence-electron chi connectivity index (χ0n) is 12.2. The molecule has 0 aliphatic carbocycles. The van der Waals surface area contributed by atoms with E-state index in [0.717, 1.165) is 0 Å². The van der Waals surface area contributed by atoms with E-state index in [4.69, 9.17) is 4.74 Å². The number of benzene rings is 2. The Morgan fingerprint density at radius 3 is 2.48 bits per heavy atom. The molecule has 0 radical (unpaired) electrons. The fourth-order valence-corrected chi connectivity index (χ4v) is 1.69. The van der Waals surface area contributed by atoms with Gasteiger partial charge in [-0.15, -0.1) is 0 Å². The lowest BCUT2D eigenvalue weighted by Gasteiger charge is -2.08. The van der Waals surface area contributed by atoms with E-state index >= 15 is 0 Å². The van der Waals surface area contributed by atoms with Crippen LogP contribution in [0.2, 0.25) is 0 Å². The van der Waals surface area contributed by atoms with Crippen LogP contribution in [0.5, 0.6) is 5.75 Å². The van der Waals surface area contributed by atoms with E-state index in [0.29, 0.717) is 17.0 Å². The molecule has 0 heterocycles. The molecule has 0 aliphatic heterocycles.